The van der Waals surface area contributed by atoms with Crippen molar-refractivity contribution in [2.45, 2.75) is 64.1 Å². The summed E-state index contributed by atoms with van der Waals surface area (Å²) in [5, 5.41) is 0. The quantitative estimate of drug-likeness (QED) is 0.293. The summed E-state index contributed by atoms with van der Waals surface area (Å²) in [5.41, 5.74) is 7.28. The molecule has 2 N–H and O–H groups in total. The Balaban J connectivity index is 1.37. The van der Waals surface area contributed by atoms with E-state index in [1.165, 1.54) is 0 Å². The molecule has 2 aliphatic heterocycles. The zero-order chi connectivity index (χ0) is 30.3. The van der Waals surface area contributed by atoms with Crippen molar-refractivity contribution in [1.82, 2.24) is 15.8 Å². The maximum absolute atomic E-state index is 13.2. The molecule has 2 heterocycles. The second-order valence-corrected chi connectivity index (χ2v) is 12.7. The van der Waals surface area contributed by atoms with Crippen molar-refractivity contribution in [3.63, 3.8) is 0 Å². The fourth-order valence-corrected chi connectivity index (χ4v) is 5.70. The Morgan fingerprint density at radius 2 is 1.76 bits per heavy atom. The molecule has 1 unspecified atom stereocenters. The molecule has 0 spiro atoms. The third-order valence-corrected chi connectivity index (χ3v) is 7.91. The first-order chi connectivity index (χ1) is 20.0. The molecule has 0 saturated carbocycles. The van der Waals surface area contributed by atoms with Crippen molar-refractivity contribution in [3.8, 4) is 0 Å². The standard InChI is InChI=1S/C32H41BrN4O5/c1-5-18-41-26-13-16-36(17-14-26)28-20-25(33)11-12-27(28)30(39)35-34-29(38)23-9-6-8-22(19-23)24-10-7-15-37(21-24)31(40)42-32(2,3)4/h5-6,8-9,11-12,19-20,24,26H,1,7,10,13-18,21H2,2-4H3,(H,34,38)(H,35,39). The second-order valence-electron chi connectivity index (χ2n) is 11.8. The summed E-state index contributed by atoms with van der Waals surface area (Å²) >= 11 is 3.52. The number of carbonyl (C=O) groups is 3. The van der Waals surface area contributed by atoms with Crippen LogP contribution in [0.2, 0.25) is 0 Å². The van der Waals surface area contributed by atoms with Gasteiger partial charge in [0.25, 0.3) is 11.8 Å². The number of piperidine rings is 2. The largest absolute Gasteiger partial charge is 0.444 e. The number of nitrogens with one attached hydrogen (secondary N) is 2. The van der Waals surface area contributed by atoms with E-state index in [-0.39, 0.29) is 18.1 Å². The number of hydrogen-bond acceptors (Lipinski definition) is 6. The first kappa shape index (κ1) is 31.6. The van der Waals surface area contributed by atoms with Crippen molar-refractivity contribution in [1.29, 1.82) is 0 Å². The zero-order valence-electron chi connectivity index (χ0n) is 24.7. The highest BCUT2D eigenvalue weighted by atomic mass is 79.9. The molecule has 42 heavy (non-hydrogen) atoms. The van der Waals surface area contributed by atoms with Gasteiger partial charge in [0, 0.05) is 42.1 Å². The molecule has 2 aliphatic rings. The molecular formula is C32H41BrN4O5. The van der Waals surface area contributed by atoms with Crippen LogP contribution in [-0.4, -0.2) is 67.3 Å². The van der Waals surface area contributed by atoms with Crippen LogP contribution in [-0.2, 0) is 9.47 Å². The summed E-state index contributed by atoms with van der Waals surface area (Å²) in [6.45, 7) is 12.5. The highest BCUT2D eigenvalue weighted by Gasteiger charge is 2.29. The smallest absolute Gasteiger partial charge is 0.410 e. The number of nitrogens with zero attached hydrogens (tertiary/aromatic N) is 2. The van der Waals surface area contributed by atoms with Crippen LogP contribution in [0.3, 0.4) is 0 Å². The molecule has 2 aromatic carbocycles. The molecule has 2 aromatic rings. The van der Waals surface area contributed by atoms with Gasteiger partial charge in [0.05, 0.1) is 24.0 Å². The first-order valence-corrected chi connectivity index (χ1v) is 15.3. The summed E-state index contributed by atoms with van der Waals surface area (Å²) in [5.74, 6) is -0.721. The topological polar surface area (TPSA) is 100 Å². The van der Waals surface area contributed by atoms with Gasteiger partial charge in [-0.05, 0) is 82.3 Å². The van der Waals surface area contributed by atoms with E-state index < -0.39 is 17.4 Å². The van der Waals surface area contributed by atoms with E-state index in [0.29, 0.717) is 30.8 Å². The number of ether oxygens (including phenoxy) is 2. The minimum Gasteiger partial charge on any atom is -0.444 e. The first-order valence-electron chi connectivity index (χ1n) is 14.5. The van der Waals surface area contributed by atoms with Gasteiger partial charge in [-0.3, -0.25) is 20.4 Å². The molecule has 2 fully saturated rings. The fourth-order valence-electron chi connectivity index (χ4n) is 5.35. The second kappa shape index (κ2) is 14.2. The molecule has 0 bridgehead atoms. The monoisotopic (exact) mass is 640 g/mol. The van der Waals surface area contributed by atoms with Gasteiger partial charge in [-0.15, -0.1) is 6.58 Å². The predicted octanol–water partition coefficient (Wildman–Crippen LogP) is 5.81. The van der Waals surface area contributed by atoms with E-state index in [0.717, 1.165) is 54.5 Å². The van der Waals surface area contributed by atoms with Crippen LogP contribution < -0.4 is 15.8 Å². The summed E-state index contributed by atoms with van der Waals surface area (Å²) in [6, 6.07) is 12.8. The Morgan fingerprint density at radius 3 is 2.48 bits per heavy atom. The zero-order valence-corrected chi connectivity index (χ0v) is 26.2. The summed E-state index contributed by atoms with van der Waals surface area (Å²) in [6.07, 6.45) is 5.07. The lowest BCUT2D eigenvalue weighted by atomic mass is 9.90. The molecule has 0 aliphatic carbocycles. The van der Waals surface area contributed by atoms with Crippen molar-refractivity contribution in [2.75, 3.05) is 37.7 Å². The molecule has 9 nitrogen and oxygen atoms in total. The van der Waals surface area contributed by atoms with Crippen LogP contribution >= 0.6 is 15.9 Å². The maximum atomic E-state index is 13.2. The van der Waals surface area contributed by atoms with Crippen LogP contribution in [0.4, 0.5) is 10.5 Å². The normalized spacial score (nSPS) is 17.9. The summed E-state index contributed by atoms with van der Waals surface area (Å²) in [4.78, 5) is 42.8. The third kappa shape index (κ3) is 8.58. The van der Waals surface area contributed by atoms with E-state index in [2.05, 4.69) is 38.3 Å². The Hall–Kier alpha value is -3.37. The maximum Gasteiger partial charge on any atom is 0.410 e. The number of hydrogen-bond donors (Lipinski definition) is 2. The Morgan fingerprint density at radius 1 is 1.02 bits per heavy atom. The average Bonchev–Trinajstić information content (AvgIpc) is 2.98. The van der Waals surface area contributed by atoms with Gasteiger partial charge >= 0.3 is 6.09 Å². The van der Waals surface area contributed by atoms with Gasteiger partial charge < -0.3 is 19.3 Å². The number of hydrazine groups is 1. The van der Waals surface area contributed by atoms with Crippen LogP contribution in [0.1, 0.15) is 78.7 Å². The van der Waals surface area contributed by atoms with Crippen molar-refractivity contribution in [3.05, 3.63) is 76.3 Å². The van der Waals surface area contributed by atoms with Gasteiger partial charge in [0.2, 0.25) is 0 Å². The Kier molecular flexibility index (Phi) is 10.7. The van der Waals surface area contributed by atoms with Crippen LogP contribution in [0.25, 0.3) is 0 Å². The van der Waals surface area contributed by atoms with Gasteiger partial charge in [0.1, 0.15) is 5.60 Å². The molecule has 0 radical (unpaired) electrons. The van der Waals surface area contributed by atoms with Gasteiger partial charge in [0.15, 0.2) is 0 Å². The number of likely N-dealkylation sites (tertiary alicyclic amines) is 1. The average molecular weight is 642 g/mol. The van der Waals surface area contributed by atoms with Gasteiger partial charge in [-0.2, -0.15) is 0 Å². The van der Waals surface area contributed by atoms with E-state index in [9.17, 15) is 14.4 Å². The highest BCUT2D eigenvalue weighted by Crippen LogP contribution is 2.30. The lowest BCUT2D eigenvalue weighted by molar-refractivity contribution is 0.0198. The molecule has 2 saturated heterocycles. The number of carbonyl (C=O) groups excluding carboxylic acids is 3. The van der Waals surface area contributed by atoms with E-state index in [1.807, 2.05) is 51.1 Å². The summed E-state index contributed by atoms with van der Waals surface area (Å²) < 4.78 is 12.2. The molecule has 4 rings (SSSR count). The summed E-state index contributed by atoms with van der Waals surface area (Å²) in [7, 11) is 0. The van der Waals surface area contributed by atoms with Gasteiger partial charge in [-0.1, -0.05) is 34.1 Å². The lowest BCUT2D eigenvalue weighted by Crippen LogP contribution is -2.43. The molecule has 226 valence electrons. The van der Waals surface area contributed by atoms with Crippen LogP contribution in [0.15, 0.2) is 59.6 Å². The predicted molar refractivity (Wildman–Crippen MR) is 167 cm³/mol. The number of halogens is 1. The lowest BCUT2D eigenvalue weighted by Gasteiger charge is -2.34. The molecule has 10 heteroatoms. The Labute approximate surface area is 256 Å². The van der Waals surface area contributed by atoms with Crippen molar-refractivity contribution < 1.29 is 23.9 Å². The van der Waals surface area contributed by atoms with Gasteiger partial charge in [-0.25, -0.2) is 4.79 Å². The Bertz CT molecular complexity index is 1290. The van der Waals surface area contributed by atoms with Crippen LogP contribution in [0.5, 0.6) is 0 Å². The third-order valence-electron chi connectivity index (χ3n) is 7.42. The molecule has 3 amide bonds. The number of anilines is 1. The van der Waals surface area contributed by atoms with Crippen molar-refractivity contribution >= 4 is 39.5 Å². The number of rotatable bonds is 7. The molecule has 0 aromatic heterocycles. The van der Waals surface area contributed by atoms with E-state index in [1.54, 1.807) is 23.1 Å². The highest BCUT2D eigenvalue weighted by molar-refractivity contribution is 9.10. The number of benzene rings is 2. The molecule has 1 atom stereocenters. The fraction of sp³-hybridized carbons (Fsp3) is 0.469. The molecular weight excluding hydrogens is 600 g/mol. The minimum absolute atomic E-state index is 0.0882. The van der Waals surface area contributed by atoms with Crippen LogP contribution in [0, 0.1) is 0 Å². The number of amides is 3. The minimum atomic E-state index is -0.555. The van der Waals surface area contributed by atoms with Crippen molar-refractivity contribution in [2.24, 2.45) is 0 Å². The SMILES string of the molecule is C=CCOC1CCN(c2cc(Br)ccc2C(=O)NNC(=O)c2cccc(C3CCCN(C(=O)OC(C)(C)C)C3)c2)CC1. The van der Waals surface area contributed by atoms with E-state index >= 15 is 0 Å². The van der Waals surface area contributed by atoms with E-state index in [4.69, 9.17) is 9.47 Å².